The maximum atomic E-state index is 13.6. The van der Waals surface area contributed by atoms with E-state index in [9.17, 15) is 4.39 Å². The van der Waals surface area contributed by atoms with Crippen LogP contribution in [0.1, 0.15) is 25.7 Å². The van der Waals surface area contributed by atoms with E-state index in [0.29, 0.717) is 5.75 Å². The van der Waals surface area contributed by atoms with Crippen LogP contribution >= 0.6 is 11.8 Å². The third-order valence-corrected chi connectivity index (χ3v) is 4.97. The third-order valence-electron chi connectivity index (χ3n) is 3.98. The predicted octanol–water partition coefficient (Wildman–Crippen LogP) is 3.65. The fourth-order valence-corrected chi connectivity index (χ4v) is 4.13. The minimum absolute atomic E-state index is 0.0145. The van der Waals surface area contributed by atoms with Crippen LogP contribution in [0.4, 0.5) is 4.39 Å². The lowest BCUT2D eigenvalue weighted by Gasteiger charge is -2.43. The van der Waals surface area contributed by atoms with Crippen molar-refractivity contribution in [2.45, 2.75) is 37.4 Å². The summed E-state index contributed by atoms with van der Waals surface area (Å²) in [6.07, 6.45) is 4.00. The van der Waals surface area contributed by atoms with Gasteiger partial charge in [0.05, 0.1) is 12.2 Å². The van der Waals surface area contributed by atoms with E-state index in [2.05, 4.69) is 0 Å². The normalized spacial score (nSPS) is 26.3. The van der Waals surface area contributed by atoms with Gasteiger partial charge in [-0.05, 0) is 36.5 Å². The number of hydrogen-bond acceptors (Lipinski definition) is 3. The van der Waals surface area contributed by atoms with Crippen molar-refractivity contribution in [1.82, 2.24) is 0 Å². The van der Waals surface area contributed by atoms with Gasteiger partial charge in [0.15, 0.2) is 11.6 Å². The largest absolute Gasteiger partial charge is 0.487 e. The Morgan fingerprint density at radius 2 is 2.05 bits per heavy atom. The van der Waals surface area contributed by atoms with E-state index >= 15 is 0 Å². The first kappa shape index (κ1) is 13.3. The van der Waals surface area contributed by atoms with E-state index in [0.717, 1.165) is 43.8 Å². The van der Waals surface area contributed by atoms with Crippen LogP contribution in [0.15, 0.2) is 24.3 Å². The topological polar surface area (TPSA) is 18.5 Å². The minimum Gasteiger partial charge on any atom is -0.487 e. The molecular formula is C15H19FO2S. The Balaban J connectivity index is 1.67. The molecule has 3 rings (SSSR count). The van der Waals surface area contributed by atoms with E-state index < -0.39 is 0 Å². The zero-order valence-corrected chi connectivity index (χ0v) is 11.8. The molecule has 1 aromatic rings. The number of benzene rings is 1. The second kappa shape index (κ2) is 5.71. The van der Waals surface area contributed by atoms with Crippen molar-refractivity contribution in [3.8, 4) is 5.75 Å². The van der Waals surface area contributed by atoms with Crippen LogP contribution in [0.5, 0.6) is 5.75 Å². The number of ether oxygens (including phenoxy) is 2. The van der Waals surface area contributed by atoms with Crippen molar-refractivity contribution in [3.63, 3.8) is 0 Å². The van der Waals surface area contributed by atoms with Crippen molar-refractivity contribution < 1.29 is 13.9 Å². The highest BCUT2D eigenvalue weighted by molar-refractivity contribution is 7.99. The lowest BCUT2D eigenvalue weighted by atomic mass is 9.86. The third kappa shape index (κ3) is 3.06. The molecule has 0 N–H and O–H groups in total. The first-order valence-electron chi connectivity index (χ1n) is 6.90. The molecule has 0 radical (unpaired) electrons. The van der Waals surface area contributed by atoms with Gasteiger partial charge in [-0.2, -0.15) is 11.8 Å². The van der Waals surface area contributed by atoms with Gasteiger partial charge in [0.25, 0.3) is 0 Å². The monoisotopic (exact) mass is 282 g/mol. The highest BCUT2D eigenvalue weighted by Crippen LogP contribution is 2.38. The molecular weight excluding hydrogens is 263 g/mol. The lowest BCUT2D eigenvalue weighted by molar-refractivity contribution is -0.116. The SMILES string of the molecule is Fc1ccccc1OC1CCOC2(CCSCC2)C1. The fourth-order valence-electron chi connectivity index (χ4n) is 2.90. The number of halogens is 1. The van der Waals surface area contributed by atoms with Crippen LogP contribution in [0.3, 0.4) is 0 Å². The summed E-state index contributed by atoms with van der Waals surface area (Å²) in [5.74, 6) is 2.41. The summed E-state index contributed by atoms with van der Waals surface area (Å²) in [4.78, 5) is 0. The van der Waals surface area contributed by atoms with Crippen molar-refractivity contribution in [3.05, 3.63) is 30.1 Å². The lowest BCUT2D eigenvalue weighted by Crippen LogP contribution is -2.46. The summed E-state index contributed by atoms with van der Waals surface area (Å²) in [7, 11) is 0. The first-order chi connectivity index (χ1) is 9.27. The van der Waals surface area contributed by atoms with E-state index in [-0.39, 0.29) is 17.5 Å². The number of rotatable bonds is 2. The van der Waals surface area contributed by atoms with Crippen LogP contribution in [-0.4, -0.2) is 29.8 Å². The summed E-state index contributed by atoms with van der Waals surface area (Å²) in [5, 5.41) is 0. The second-order valence-corrected chi connectivity index (χ2v) is 6.53. The predicted molar refractivity (Wildman–Crippen MR) is 75.3 cm³/mol. The zero-order valence-electron chi connectivity index (χ0n) is 10.9. The molecule has 4 heteroatoms. The molecule has 0 aliphatic carbocycles. The Bertz CT molecular complexity index is 426. The van der Waals surface area contributed by atoms with Gasteiger partial charge >= 0.3 is 0 Å². The van der Waals surface area contributed by atoms with Crippen LogP contribution in [0.2, 0.25) is 0 Å². The van der Waals surface area contributed by atoms with E-state index in [1.165, 1.54) is 6.07 Å². The fraction of sp³-hybridized carbons (Fsp3) is 0.600. The van der Waals surface area contributed by atoms with Gasteiger partial charge in [0, 0.05) is 12.8 Å². The molecule has 2 aliphatic rings. The molecule has 2 aliphatic heterocycles. The van der Waals surface area contributed by atoms with Crippen LogP contribution in [0.25, 0.3) is 0 Å². The summed E-state index contributed by atoms with van der Waals surface area (Å²) >= 11 is 1.99. The molecule has 2 heterocycles. The van der Waals surface area contributed by atoms with Gasteiger partial charge in [0.2, 0.25) is 0 Å². The van der Waals surface area contributed by atoms with E-state index in [1.54, 1.807) is 12.1 Å². The Morgan fingerprint density at radius 3 is 2.84 bits per heavy atom. The van der Waals surface area contributed by atoms with Gasteiger partial charge in [-0.25, -0.2) is 4.39 Å². The highest BCUT2D eigenvalue weighted by atomic mass is 32.2. The van der Waals surface area contributed by atoms with Crippen molar-refractivity contribution in [2.75, 3.05) is 18.1 Å². The smallest absolute Gasteiger partial charge is 0.165 e. The quantitative estimate of drug-likeness (QED) is 0.825. The van der Waals surface area contributed by atoms with Crippen LogP contribution in [0, 0.1) is 5.82 Å². The maximum Gasteiger partial charge on any atom is 0.165 e. The molecule has 0 amide bonds. The van der Waals surface area contributed by atoms with E-state index in [1.807, 2.05) is 17.8 Å². The number of thioether (sulfide) groups is 1. The van der Waals surface area contributed by atoms with Gasteiger partial charge in [0.1, 0.15) is 6.10 Å². The summed E-state index contributed by atoms with van der Waals surface area (Å²) in [5.41, 5.74) is -0.0145. The Morgan fingerprint density at radius 1 is 1.26 bits per heavy atom. The molecule has 2 fully saturated rings. The summed E-state index contributed by atoms with van der Waals surface area (Å²) in [6.45, 7) is 0.726. The van der Waals surface area contributed by atoms with Crippen molar-refractivity contribution in [1.29, 1.82) is 0 Å². The number of para-hydroxylation sites is 1. The standard InChI is InChI=1S/C15H19FO2S/c16-13-3-1-2-4-14(13)18-12-5-8-17-15(11-12)6-9-19-10-7-15/h1-4,12H,5-11H2. The van der Waals surface area contributed by atoms with Gasteiger partial charge in [-0.15, -0.1) is 0 Å². The average molecular weight is 282 g/mol. The van der Waals surface area contributed by atoms with Crippen LogP contribution in [-0.2, 0) is 4.74 Å². The number of hydrogen-bond donors (Lipinski definition) is 0. The van der Waals surface area contributed by atoms with Gasteiger partial charge < -0.3 is 9.47 Å². The molecule has 0 bridgehead atoms. The molecule has 104 valence electrons. The van der Waals surface area contributed by atoms with Gasteiger partial charge in [-0.1, -0.05) is 12.1 Å². The van der Waals surface area contributed by atoms with E-state index in [4.69, 9.17) is 9.47 Å². The Labute approximate surface area is 117 Å². The average Bonchev–Trinajstić information content (AvgIpc) is 2.42. The molecule has 19 heavy (non-hydrogen) atoms. The molecule has 1 aromatic carbocycles. The molecule has 0 saturated carbocycles. The zero-order chi connectivity index (χ0) is 13.1. The molecule has 1 spiro atoms. The second-order valence-electron chi connectivity index (χ2n) is 5.31. The molecule has 1 atom stereocenters. The van der Waals surface area contributed by atoms with Crippen molar-refractivity contribution in [2.24, 2.45) is 0 Å². The maximum absolute atomic E-state index is 13.6. The Hall–Kier alpha value is -0.740. The molecule has 2 saturated heterocycles. The minimum atomic E-state index is -0.276. The highest BCUT2D eigenvalue weighted by Gasteiger charge is 2.39. The molecule has 1 unspecified atom stereocenters. The van der Waals surface area contributed by atoms with Crippen molar-refractivity contribution >= 4 is 11.8 Å². The molecule has 0 aromatic heterocycles. The van der Waals surface area contributed by atoms with Gasteiger partial charge in [-0.3, -0.25) is 0 Å². The first-order valence-corrected chi connectivity index (χ1v) is 8.06. The summed E-state index contributed by atoms with van der Waals surface area (Å²) < 4.78 is 25.5. The summed E-state index contributed by atoms with van der Waals surface area (Å²) in [6, 6.07) is 6.65. The Kier molecular flexibility index (Phi) is 3.99. The molecule has 2 nitrogen and oxygen atoms in total. The van der Waals surface area contributed by atoms with Crippen LogP contribution < -0.4 is 4.74 Å².